The zero-order valence-electron chi connectivity index (χ0n) is 18.7. The van der Waals surface area contributed by atoms with E-state index in [9.17, 15) is 9.90 Å². The number of carbonyl (C=O) groups excluding carboxylic acids is 1. The summed E-state index contributed by atoms with van der Waals surface area (Å²) in [4.78, 5) is 12.3. The van der Waals surface area contributed by atoms with Crippen molar-refractivity contribution in [2.24, 2.45) is 5.73 Å². The summed E-state index contributed by atoms with van der Waals surface area (Å²) < 4.78 is 0. The molecule has 4 nitrogen and oxygen atoms in total. The molecule has 1 unspecified atom stereocenters. The molecule has 4 N–H and O–H groups in total. The Kier molecular flexibility index (Phi) is 15.0. The zero-order valence-corrected chi connectivity index (χ0v) is 18.7. The minimum absolute atomic E-state index is 0.0707. The first-order valence-electron chi connectivity index (χ1n) is 11.7. The van der Waals surface area contributed by atoms with Crippen LogP contribution < -0.4 is 11.1 Å². The van der Waals surface area contributed by atoms with Crippen molar-refractivity contribution < 1.29 is 9.90 Å². The molecule has 0 aliphatic rings. The van der Waals surface area contributed by atoms with Crippen LogP contribution in [0.3, 0.4) is 0 Å². The highest BCUT2D eigenvalue weighted by molar-refractivity contribution is 5.76. The molecule has 0 spiro atoms. The molecule has 0 aliphatic carbocycles. The van der Waals surface area contributed by atoms with Gasteiger partial charge in [0, 0.05) is 6.42 Å². The summed E-state index contributed by atoms with van der Waals surface area (Å²) >= 11 is 0. The monoisotopic (exact) mass is 384 g/mol. The summed E-state index contributed by atoms with van der Waals surface area (Å²) in [6, 6.07) is 0. The minimum Gasteiger partial charge on any atom is -0.369 e. The second-order valence-corrected chi connectivity index (χ2v) is 8.31. The maximum Gasteiger partial charge on any atom is 0.222 e. The highest BCUT2D eigenvalue weighted by Crippen LogP contribution is 2.29. The number of nitrogens with one attached hydrogen (secondary N) is 1. The van der Waals surface area contributed by atoms with Gasteiger partial charge < -0.3 is 16.2 Å². The van der Waals surface area contributed by atoms with Gasteiger partial charge in [-0.05, 0) is 25.7 Å². The fourth-order valence-electron chi connectivity index (χ4n) is 3.88. The van der Waals surface area contributed by atoms with Crippen molar-refractivity contribution in [3.63, 3.8) is 0 Å². The second-order valence-electron chi connectivity index (χ2n) is 8.31. The topological polar surface area (TPSA) is 75.3 Å². The van der Waals surface area contributed by atoms with Crippen molar-refractivity contribution in [2.45, 2.75) is 142 Å². The Labute approximate surface area is 169 Å². The maximum absolute atomic E-state index is 12.3. The Morgan fingerprint density at radius 2 is 1.22 bits per heavy atom. The average molecular weight is 385 g/mol. The molecule has 0 aromatic carbocycles. The van der Waals surface area contributed by atoms with Crippen LogP contribution in [0.25, 0.3) is 0 Å². The second kappa shape index (κ2) is 15.3. The number of aliphatic hydroxyl groups is 1. The highest BCUT2D eigenvalue weighted by atomic mass is 16.3. The Hall–Kier alpha value is -0.610. The summed E-state index contributed by atoms with van der Waals surface area (Å²) in [5.41, 5.74) is 4.33. The van der Waals surface area contributed by atoms with E-state index in [0.717, 1.165) is 19.3 Å². The van der Waals surface area contributed by atoms with E-state index in [1.807, 2.05) is 20.8 Å². The van der Waals surface area contributed by atoms with Crippen LogP contribution in [0.1, 0.15) is 130 Å². The van der Waals surface area contributed by atoms with Crippen molar-refractivity contribution >= 4 is 5.91 Å². The Balaban J connectivity index is 3.97. The smallest absolute Gasteiger partial charge is 0.222 e. The number of rotatable bonds is 18. The lowest BCUT2D eigenvalue weighted by molar-refractivity contribution is -0.137. The molecule has 1 atom stereocenters. The van der Waals surface area contributed by atoms with Gasteiger partial charge >= 0.3 is 0 Å². The molecule has 0 rings (SSSR count). The van der Waals surface area contributed by atoms with Crippen LogP contribution in [0.15, 0.2) is 0 Å². The van der Waals surface area contributed by atoms with E-state index in [-0.39, 0.29) is 5.91 Å². The van der Waals surface area contributed by atoms with E-state index in [0.29, 0.717) is 25.7 Å². The van der Waals surface area contributed by atoms with Gasteiger partial charge in [-0.1, -0.05) is 98.3 Å². The molecule has 0 radical (unpaired) electrons. The van der Waals surface area contributed by atoms with Crippen LogP contribution in [0.5, 0.6) is 0 Å². The fraction of sp³-hybridized carbons (Fsp3) is 0.957. The largest absolute Gasteiger partial charge is 0.369 e. The lowest BCUT2D eigenvalue weighted by Gasteiger charge is -2.44. The lowest BCUT2D eigenvalue weighted by atomic mass is 9.79. The lowest BCUT2D eigenvalue weighted by Crippen LogP contribution is -2.68. The summed E-state index contributed by atoms with van der Waals surface area (Å²) in [5, 5.41) is 13.9. The molecule has 0 saturated carbocycles. The highest BCUT2D eigenvalue weighted by Gasteiger charge is 2.45. The van der Waals surface area contributed by atoms with Crippen LogP contribution >= 0.6 is 0 Å². The van der Waals surface area contributed by atoms with E-state index in [1.54, 1.807) is 0 Å². The van der Waals surface area contributed by atoms with Gasteiger partial charge in [-0.15, -0.1) is 0 Å². The number of amides is 1. The van der Waals surface area contributed by atoms with Gasteiger partial charge in [0.25, 0.3) is 0 Å². The van der Waals surface area contributed by atoms with E-state index in [4.69, 9.17) is 5.73 Å². The molecule has 162 valence electrons. The first-order valence-corrected chi connectivity index (χ1v) is 11.7. The van der Waals surface area contributed by atoms with Crippen molar-refractivity contribution in [1.82, 2.24) is 5.32 Å². The van der Waals surface area contributed by atoms with Gasteiger partial charge in [0.15, 0.2) is 5.72 Å². The molecule has 27 heavy (non-hydrogen) atoms. The molecule has 0 heterocycles. The van der Waals surface area contributed by atoms with Gasteiger partial charge in [0.2, 0.25) is 5.91 Å². The number of nitrogens with two attached hydrogens (primary N) is 1. The predicted molar refractivity (Wildman–Crippen MR) is 117 cm³/mol. The van der Waals surface area contributed by atoms with Crippen LogP contribution in [0, 0.1) is 0 Å². The van der Waals surface area contributed by atoms with Crippen molar-refractivity contribution in [2.75, 3.05) is 0 Å². The summed E-state index contributed by atoms with van der Waals surface area (Å²) in [6.07, 6.45) is 17.0. The normalized spacial score (nSPS) is 14.1. The molecular formula is C23H48N2O2. The number of hydrogen-bond acceptors (Lipinski definition) is 3. The Bertz CT molecular complexity index is 369. The molecule has 0 saturated heterocycles. The van der Waals surface area contributed by atoms with E-state index < -0.39 is 11.3 Å². The molecular weight excluding hydrogens is 336 g/mol. The van der Waals surface area contributed by atoms with Crippen LogP contribution in [0.2, 0.25) is 0 Å². The van der Waals surface area contributed by atoms with Gasteiger partial charge in [-0.25, -0.2) is 0 Å². The van der Waals surface area contributed by atoms with E-state index in [2.05, 4.69) is 12.2 Å². The van der Waals surface area contributed by atoms with E-state index >= 15 is 0 Å². The molecule has 4 heteroatoms. The third kappa shape index (κ3) is 10.5. The third-order valence-corrected chi connectivity index (χ3v) is 6.05. The fourth-order valence-corrected chi connectivity index (χ4v) is 3.88. The van der Waals surface area contributed by atoms with Crippen LogP contribution in [-0.4, -0.2) is 22.3 Å². The molecule has 0 bridgehead atoms. The minimum atomic E-state index is -1.31. The quantitative estimate of drug-likeness (QED) is 0.206. The molecule has 0 fully saturated rings. The zero-order chi connectivity index (χ0) is 20.6. The van der Waals surface area contributed by atoms with E-state index in [1.165, 1.54) is 57.8 Å². The summed E-state index contributed by atoms with van der Waals surface area (Å²) in [6.45, 7) is 8.21. The third-order valence-electron chi connectivity index (χ3n) is 6.05. The van der Waals surface area contributed by atoms with Crippen molar-refractivity contribution in [1.29, 1.82) is 0 Å². The number of carbonyl (C=O) groups is 1. The number of hydrogen-bond donors (Lipinski definition) is 3. The first-order chi connectivity index (χ1) is 12.9. The standard InChI is InChI=1S/C23H48N2O2/c1-5-9-10-11-12-13-14-15-16-17-18-19-21(26)25-23(27,20-6-2)22(24,7-3)8-4/h27H,5-20,24H2,1-4H3,(H,25,26). The van der Waals surface area contributed by atoms with Crippen molar-refractivity contribution in [3.05, 3.63) is 0 Å². The SMILES string of the molecule is CCCCCCCCCCCCCC(=O)NC(O)(CCC)C(N)(CC)CC. The summed E-state index contributed by atoms with van der Waals surface area (Å²) in [7, 11) is 0. The predicted octanol–water partition coefficient (Wildman–Crippen LogP) is 5.81. The molecule has 0 aromatic heterocycles. The molecule has 0 aliphatic heterocycles. The maximum atomic E-state index is 12.3. The van der Waals surface area contributed by atoms with Crippen LogP contribution in [-0.2, 0) is 4.79 Å². The van der Waals surface area contributed by atoms with Gasteiger partial charge in [0.05, 0.1) is 5.54 Å². The first kappa shape index (κ1) is 26.4. The van der Waals surface area contributed by atoms with Crippen molar-refractivity contribution in [3.8, 4) is 0 Å². The Morgan fingerprint density at radius 3 is 1.63 bits per heavy atom. The van der Waals surface area contributed by atoms with Crippen LogP contribution in [0.4, 0.5) is 0 Å². The average Bonchev–Trinajstić information content (AvgIpc) is 2.65. The van der Waals surface area contributed by atoms with Gasteiger partial charge in [-0.2, -0.15) is 0 Å². The molecule has 0 aromatic rings. The van der Waals surface area contributed by atoms with Gasteiger partial charge in [-0.3, -0.25) is 4.79 Å². The number of unbranched alkanes of at least 4 members (excludes halogenated alkanes) is 10. The Morgan fingerprint density at radius 1 is 0.778 bits per heavy atom. The van der Waals surface area contributed by atoms with Gasteiger partial charge in [0.1, 0.15) is 0 Å². The molecule has 1 amide bonds. The summed E-state index contributed by atoms with van der Waals surface area (Å²) in [5.74, 6) is -0.0707.